The molecular weight excluding hydrogens is 224 g/mol. The first-order valence-electron chi connectivity index (χ1n) is 5.32. The van der Waals surface area contributed by atoms with Crippen LogP contribution in [0.4, 0.5) is 0 Å². The first-order valence-corrected chi connectivity index (χ1v) is 6.20. The number of amides is 1. The van der Waals surface area contributed by atoms with Crippen LogP contribution in [-0.4, -0.2) is 23.6 Å². The summed E-state index contributed by atoms with van der Waals surface area (Å²) in [5, 5.41) is 5.75. The van der Waals surface area contributed by atoms with E-state index in [1.807, 2.05) is 33.1 Å². The summed E-state index contributed by atoms with van der Waals surface area (Å²) in [4.78, 5) is 15.8. The molecule has 0 radical (unpaired) electrons. The lowest BCUT2D eigenvalue weighted by molar-refractivity contribution is -0.127. The van der Waals surface area contributed by atoms with Crippen molar-refractivity contribution in [3.05, 3.63) is 16.1 Å². The Balaban J connectivity index is 2.39. The summed E-state index contributed by atoms with van der Waals surface area (Å²) in [6.07, 6.45) is 0.0724. The molecule has 0 saturated carbocycles. The van der Waals surface area contributed by atoms with Crippen molar-refractivity contribution in [2.75, 3.05) is 6.61 Å². The molecular formula is C11H18N2O2S. The summed E-state index contributed by atoms with van der Waals surface area (Å²) in [7, 11) is 0. The van der Waals surface area contributed by atoms with Gasteiger partial charge >= 0.3 is 0 Å². The maximum Gasteiger partial charge on any atom is 0.246 e. The minimum Gasteiger partial charge on any atom is -0.369 e. The maximum atomic E-state index is 11.5. The molecule has 1 unspecified atom stereocenters. The molecule has 16 heavy (non-hydrogen) atoms. The van der Waals surface area contributed by atoms with Crippen molar-refractivity contribution >= 4 is 17.2 Å². The van der Waals surface area contributed by atoms with Gasteiger partial charge in [-0.05, 0) is 27.7 Å². The minimum absolute atomic E-state index is 0.0537. The number of ether oxygens (including phenoxy) is 1. The van der Waals surface area contributed by atoms with E-state index in [2.05, 4.69) is 10.3 Å². The predicted molar refractivity (Wildman–Crippen MR) is 64.5 cm³/mol. The van der Waals surface area contributed by atoms with E-state index < -0.39 is 0 Å². The van der Waals surface area contributed by atoms with E-state index in [9.17, 15) is 4.79 Å². The molecule has 90 valence electrons. The van der Waals surface area contributed by atoms with E-state index in [1.165, 1.54) is 0 Å². The van der Waals surface area contributed by atoms with E-state index in [-0.39, 0.29) is 24.7 Å². The summed E-state index contributed by atoms with van der Waals surface area (Å²) in [6, 6.07) is -0.0537. The molecule has 0 aromatic carbocycles. The topological polar surface area (TPSA) is 51.2 Å². The highest BCUT2D eigenvalue weighted by Crippen LogP contribution is 2.17. The molecule has 0 aliphatic rings. The van der Waals surface area contributed by atoms with Crippen LogP contribution in [0.1, 0.15) is 37.5 Å². The fourth-order valence-corrected chi connectivity index (χ4v) is 1.96. The number of nitrogens with one attached hydrogen (secondary N) is 1. The summed E-state index contributed by atoms with van der Waals surface area (Å²) >= 11 is 1.56. The van der Waals surface area contributed by atoms with Crippen LogP contribution >= 0.6 is 11.3 Å². The predicted octanol–water partition coefficient (Wildman–Crippen LogP) is 2.05. The third kappa shape index (κ3) is 4.28. The molecule has 0 spiro atoms. The van der Waals surface area contributed by atoms with Gasteiger partial charge in [0.1, 0.15) is 11.6 Å². The molecule has 1 aromatic heterocycles. The first kappa shape index (κ1) is 13.1. The van der Waals surface area contributed by atoms with Crippen molar-refractivity contribution in [2.24, 2.45) is 0 Å². The number of nitrogens with zero attached hydrogens (tertiary/aromatic N) is 1. The van der Waals surface area contributed by atoms with E-state index in [0.29, 0.717) is 0 Å². The summed E-state index contributed by atoms with van der Waals surface area (Å²) in [5.41, 5.74) is 0.986. The molecule has 0 aliphatic carbocycles. The Hall–Kier alpha value is -0.940. The monoisotopic (exact) mass is 242 g/mol. The van der Waals surface area contributed by atoms with E-state index in [0.717, 1.165) is 10.7 Å². The van der Waals surface area contributed by atoms with Crippen LogP contribution in [-0.2, 0) is 9.53 Å². The zero-order chi connectivity index (χ0) is 12.1. The summed E-state index contributed by atoms with van der Waals surface area (Å²) in [5.74, 6) is -0.103. The van der Waals surface area contributed by atoms with Gasteiger partial charge < -0.3 is 10.1 Å². The molecule has 1 aromatic rings. The number of aromatic nitrogens is 1. The molecule has 1 rings (SSSR count). The average molecular weight is 242 g/mol. The fourth-order valence-electron chi connectivity index (χ4n) is 1.16. The number of hydrogen-bond acceptors (Lipinski definition) is 4. The second-order valence-electron chi connectivity index (χ2n) is 3.98. The van der Waals surface area contributed by atoms with Crippen molar-refractivity contribution < 1.29 is 9.53 Å². The molecule has 0 saturated heterocycles. The van der Waals surface area contributed by atoms with Crippen LogP contribution in [0.5, 0.6) is 0 Å². The lowest BCUT2D eigenvalue weighted by atomic mass is 10.3. The van der Waals surface area contributed by atoms with Gasteiger partial charge in [-0.3, -0.25) is 4.79 Å². The number of carbonyl (C=O) groups excluding carboxylic acids is 1. The van der Waals surface area contributed by atoms with Gasteiger partial charge in [0.25, 0.3) is 0 Å². The third-order valence-electron chi connectivity index (χ3n) is 1.93. The van der Waals surface area contributed by atoms with Gasteiger partial charge in [-0.1, -0.05) is 0 Å². The van der Waals surface area contributed by atoms with Gasteiger partial charge in [0.05, 0.1) is 12.1 Å². The van der Waals surface area contributed by atoms with E-state index in [1.54, 1.807) is 11.3 Å². The lowest BCUT2D eigenvalue weighted by Crippen LogP contribution is -2.31. The normalized spacial score (nSPS) is 12.8. The molecule has 4 nitrogen and oxygen atoms in total. The van der Waals surface area contributed by atoms with Crippen LogP contribution in [0.3, 0.4) is 0 Å². The smallest absolute Gasteiger partial charge is 0.246 e. The second-order valence-corrected chi connectivity index (χ2v) is 4.87. The van der Waals surface area contributed by atoms with Gasteiger partial charge in [-0.2, -0.15) is 0 Å². The Morgan fingerprint density at radius 1 is 1.56 bits per heavy atom. The third-order valence-corrected chi connectivity index (χ3v) is 3.08. The number of carbonyl (C=O) groups is 1. The van der Waals surface area contributed by atoms with Gasteiger partial charge in [-0.25, -0.2) is 4.98 Å². The zero-order valence-electron chi connectivity index (χ0n) is 10.1. The largest absolute Gasteiger partial charge is 0.369 e. The van der Waals surface area contributed by atoms with Gasteiger partial charge in [0.15, 0.2) is 0 Å². The Morgan fingerprint density at radius 3 is 2.75 bits per heavy atom. The molecule has 1 atom stereocenters. The van der Waals surface area contributed by atoms with Crippen LogP contribution in [0.25, 0.3) is 0 Å². The van der Waals surface area contributed by atoms with Gasteiger partial charge in [0.2, 0.25) is 5.91 Å². The highest BCUT2D eigenvalue weighted by Gasteiger charge is 2.12. The van der Waals surface area contributed by atoms with Crippen molar-refractivity contribution in [2.45, 2.75) is 39.8 Å². The maximum absolute atomic E-state index is 11.5. The van der Waals surface area contributed by atoms with Crippen molar-refractivity contribution in [1.29, 1.82) is 0 Å². The standard InChI is InChI=1S/C11H18N2O2S/c1-7(2)15-5-10(14)13-9(4)11-12-8(3)6-16-11/h6-7,9H,5H2,1-4H3,(H,13,14). The number of thiazole rings is 1. The fraction of sp³-hybridized carbons (Fsp3) is 0.636. The lowest BCUT2D eigenvalue weighted by Gasteiger charge is -2.12. The molecule has 5 heteroatoms. The number of hydrogen-bond donors (Lipinski definition) is 1. The Kier molecular flexibility index (Phi) is 4.89. The quantitative estimate of drug-likeness (QED) is 0.859. The first-order chi connectivity index (χ1) is 7.49. The van der Waals surface area contributed by atoms with E-state index >= 15 is 0 Å². The Bertz CT molecular complexity index is 350. The Labute approximate surface area is 100 Å². The minimum atomic E-state index is -0.103. The molecule has 0 aliphatic heterocycles. The summed E-state index contributed by atoms with van der Waals surface area (Å²) < 4.78 is 5.22. The zero-order valence-corrected chi connectivity index (χ0v) is 10.9. The highest BCUT2D eigenvalue weighted by molar-refractivity contribution is 7.09. The molecule has 1 amide bonds. The molecule has 1 N–H and O–H groups in total. The number of rotatable bonds is 5. The van der Waals surface area contributed by atoms with Crippen LogP contribution in [0.15, 0.2) is 5.38 Å². The SMILES string of the molecule is Cc1csc(C(C)NC(=O)COC(C)C)n1. The van der Waals surface area contributed by atoms with Crippen molar-refractivity contribution in [3.63, 3.8) is 0 Å². The van der Waals surface area contributed by atoms with Crippen LogP contribution in [0, 0.1) is 6.92 Å². The highest BCUT2D eigenvalue weighted by atomic mass is 32.1. The van der Waals surface area contributed by atoms with E-state index in [4.69, 9.17) is 4.74 Å². The van der Waals surface area contributed by atoms with Crippen molar-refractivity contribution in [3.8, 4) is 0 Å². The molecule has 0 bridgehead atoms. The van der Waals surface area contributed by atoms with Gasteiger partial charge in [-0.15, -0.1) is 11.3 Å². The van der Waals surface area contributed by atoms with Crippen LogP contribution < -0.4 is 5.32 Å². The molecule has 0 fully saturated rings. The number of aryl methyl sites for hydroxylation is 1. The average Bonchev–Trinajstić information content (AvgIpc) is 2.62. The van der Waals surface area contributed by atoms with Crippen molar-refractivity contribution in [1.82, 2.24) is 10.3 Å². The van der Waals surface area contributed by atoms with Gasteiger partial charge in [0, 0.05) is 11.1 Å². The Morgan fingerprint density at radius 2 is 2.25 bits per heavy atom. The second kappa shape index (κ2) is 5.96. The molecule has 1 heterocycles. The summed E-state index contributed by atoms with van der Waals surface area (Å²) in [6.45, 7) is 7.77. The van der Waals surface area contributed by atoms with Crippen LogP contribution in [0.2, 0.25) is 0 Å².